The van der Waals surface area contributed by atoms with Gasteiger partial charge in [0.1, 0.15) is 11.6 Å². The SMILES string of the molecule is COc1cccc(C(N)c2cccc(F)c2Br)c1. The number of rotatable bonds is 3. The molecule has 2 aromatic rings. The molecule has 0 spiro atoms. The molecule has 0 amide bonds. The lowest BCUT2D eigenvalue weighted by molar-refractivity contribution is 0.414. The Morgan fingerprint density at radius 2 is 1.94 bits per heavy atom. The van der Waals surface area contributed by atoms with E-state index < -0.39 is 6.04 Å². The van der Waals surface area contributed by atoms with Crippen molar-refractivity contribution in [3.05, 3.63) is 63.9 Å². The van der Waals surface area contributed by atoms with E-state index >= 15 is 0 Å². The lowest BCUT2D eigenvalue weighted by Gasteiger charge is -2.15. The van der Waals surface area contributed by atoms with Crippen LogP contribution in [0.1, 0.15) is 17.2 Å². The first-order chi connectivity index (χ1) is 8.63. The molecule has 2 rings (SSSR count). The summed E-state index contributed by atoms with van der Waals surface area (Å²) in [6.07, 6.45) is 0. The summed E-state index contributed by atoms with van der Waals surface area (Å²) in [5.74, 6) is 0.418. The van der Waals surface area contributed by atoms with Gasteiger partial charge in [0.05, 0.1) is 17.6 Å². The van der Waals surface area contributed by atoms with Crippen LogP contribution < -0.4 is 10.5 Å². The maximum Gasteiger partial charge on any atom is 0.137 e. The highest BCUT2D eigenvalue weighted by Crippen LogP contribution is 2.30. The second kappa shape index (κ2) is 5.50. The van der Waals surface area contributed by atoms with Crippen molar-refractivity contribution in [3.63, 3.8) is 0 Å². The zero-order valence-electron chi connectivity index (χ0n) is 9.86. The highest BCUT2D eigenvalue weighted by atomic mass is 79.9. The summed E-state index contributed by atoms with van der Waals surface area (Å²) in [7, 11) is 1.60. The summed E-state index contributed by atoms with van der Waals surface area (Å²) in [5.41, 5.74) is 7.74. The van der Waals surface area contributed by atoms with Gasteiger partial charge in [-0.3, -0.25) is 0 Å². The highest BCUT2D eigenvalue weighted by molar-refractivity contribution is 9.10. The first-order valence-corrected chi connectivity index (χ1v) is 6.26. The molecule has 0 aliphatic heterocycles. The first-order valence-electron chi connectivity index (χ1n) is 5.47. The van der Waals surface area contributed by atoms with Crippen molar-refractivity contribution in [3.8, 4) is 5.75 Å². The van der Waals surface area contributed by atoms with Gasteiger partial charge in [-0.05, 0) is 45.3 Å². The van der Waals surface area contributed by atoms with Crippen LogP contribution in [0.25, 0.3) is 0 Å². The van der Waals surface area contributed by atoms with E-state index in [-0.39, 0.29) is 5.82 Å². The monoisotopic (exact) mass is 309 g/mol. The van der Waals surface area contributed by atoms with Crippen molar-refractivity contribution in [1.29, 1.82) is 0 Å². The van der Waals surface area contributed by atoms with Gasteiger partial charge < -0.3 is 10.5 Å². The van der Waals surface area contributed by atoms with Gasteiger partial charge in [0.15, 0.2) is 0 Å². The van der Waals surface area contributed by atoms with E-state index in [1.165, 1.54) is 6.07 Å². The molecule has 2 N–H and O–H groups in total. The van der Waals surface area contributed by atoms with Crippen molar-refractivity contribution in [2.75, 3.05) is 7.11 Å². The largest absolute Gasteiger partial charge is 0.497 e. The smallest absolute Gasteiger partial charge is 0.137 e. The number of benzene rings is 2. The Balaban J connectivity index is 2.41. The number of ether oxygens (including phenoxy) is 1. The molecule has 1 unspecified atom stereocenters. The van der Waals surface area contributed by atoms with E-state index in [0.29, 0.717) is 10.0 Å². The minimum Gasteiger partial charge on any atom is -0.497 e. The molecule has 0 aromatic heterocycles. The quantitative estimate of drug-likeness (QED) is 0.939. The third-order valence-corrected chi connectivity index (χ3v) is 3.61. The van der Waals surface area contributed by atoms with E-state index in [0.717, 1.165) is 11.3 Å². The summed E-state index contributed by atoms with van der Waals surface area (Å²) in [6, 6.07) is 11.9. The minimum atomic E-state index is -0.398. The first kappa shape index (κ1) is 13.1. The van der Waals surface area contributed by atoms with Crippen molar-refractivity contribution in [2.24, 2.45) is 5.73 Å². The van der Waals surface area contributed by atoms with Crippen LogP contribution in [0.5, 0.6) is 5.75 Å². The van der Waals surface area contributed by atoms with Crippen molar-refractivity contribution in [2.45, 2.75) is 6.04 Å². The van der Waals surface area contributed by atoms with Crippen LogP contribution in [-0.4, -0.2) is 7.11 Å². The highest BCUT2D eigenvalue weighted by Gasteiger charge is 2.15. The van der Waals surface area contributed by atoms with Crippen LogP contribution in [0.2, 0.25) is 0 Å². The summed E-state index contributed by atoms with van der Waals surface area (Å²) in [5, 5.41) is 0. The molecule has 1 atom stereocenters. The average Bonchev–Trinajstić information content (AvgIpc) is 2.41. The minimum absolute atomic E-state index is 0.314. The summed E-state index contributed by atoms with van der Waals surface area (Å²) in [6.45, 7) is 0. The van der Waals surface area contributed by atoms with Crippen LogP contribution in [0.15, 0.2) is 46.9 Å². The van der Waals surface area contributed by atoms with Gasteiger partial charge in [-0.25, -0.2) is 4.39 Å². The van der Waals surface area contributed by atoms with E-state index in [9.17, 15) is 4.39 Å². The van der Waals surface area contributed by atoms with Crippen LogP contribution in [-0.2, 0) is 0 Å². The van der Waals surface area contributed by atoms with E-state index in [4.69, 9.17) is 10.5 Å². The topological polar surface area (TPSA) is 35.2 Å². The molecule has 0 bridgehead atoms. The second-order valence-electron chi connectivity index (χ2n) is 3.90. The summed E-state index contributed by atoms with van der Waals surface area (Å²) < 4.78 is 19.0. The predicted octanol–water partition coefficient (Wildman–Crippen LogP) is 3.64. The molecule has 0 heterocycles. The molecule has 0 radical (unpaired) electrons. The zero-order valence-corrected chi connectivity index (χ0v) is 11.4. The number of hydrogen-bond donors (Lipinski definition) is 1. The van der Waals surface area contributed by atoms with Gasteiger partial charge in [0, 0.05) is 0 Å². The Bertz CT molecular complexity index is 559. The summed E-state index contributed by atoms with van der Waals surface area (Å²) >= 11 is 3.23. The van der Waals surface area contributed by atoms with Gasteiger partial charge in [0.25, 0.3) is 0 Å². The second-order valence-corrected chi connectivity index (χ2v) is 4.69. The maximum atomic E-state index is 13.5. The molecule has 18 heavy (non-hydrogen) atoms. The normalized spacial score (nSPS) is 12.2. The molecular weight excluding hydrogens is 297 g/mol. The molecular formula is C14H13BrFNO. The molecule has 0 fully saturated rings. The van der Waals surface area contributed by atoms with Gasteiger partial charge in [-0.1, -0.05) is 24.3 Å². The molecule has 2 aromatic carbocycles. The number of methoxy groups -OCH3 is 1. The molecule has 0 aliphatic carbocycles. The standard InChI is InChI=1S/C14H13BrFNO/c1-18-10-5-2-4-9(8-10)14(17)11-6-3-7-12(16)13(11)15/h2-8,14H,17H2,1H3. The van der Waals surface area contributed by atoms with Crippen LogP contribution in [0.3, 0.4) is 0 Å². The zero-order chi connectivity index (χ0) is 13.1. The van der Waals surface area contributed by atoms with Crippen molar-refractivity contribution >= 4 is 15.9 Å². The number of nitrogens with two attached hydrogens (primary N) is 1. The van der Waals surface area contributed by atoms with Crippen LogP contribution in [0.4, 0.5) is 4.39 Å². The molecule has 4 heteroatoms. The third-order valence-electron chi connectivity index (χ3n) is 2.77. The molecule has 94 valence electrons. The van der Waals surface area contributed by atoms with Gasteiger partial charge in [0.2, 0.25) is 0 Å². The average molecular weight is 310 g/mol. The fourth-order valence-electron chi connectivity index (χ4n) is 1.78. The van der Waals surface area contributed by atoms with Gasteiger partial charge >= 0.3 is 0 Å². The lowest BCUT2D eigenvalue weighted by atomic mass is 9.99. The van der Waals surface area contributed by atoms with Gasteiger partial charge in [-0.2, -0.15) is 0 Å². The number of halogens is 2. The lowest BCUT2D eigenvalue weighted by Crippen LogP contribution is -2.13. The van der Waals surface area contributed by atoms with Gasteiger partial charge in [-0.15, -0.1) is 0 Å². The molecule has 0 aliphatic rings. The Morgan fingerprint density at radius 3 is 2.67 bits per heavy atom. The Morgan fingerprint density at radius 1 is 1.22 bits per heavy atom. The molecule has 0 saturated carbocycles. The van der Waals surface area contributed by atoms with Crippen molar-refractivity contribution < 1.29 is 9.13 Å². The fraction of sp³-hybridized carbons (Fsp3) is 0.143. The Kier molecular flexibility index (Phi) is 3.99. The van der Waals surface area contributed by atoms with Crippen LogP contribution in [0, 0.1) is 5.82 Å². The molecule has 2 nitrogen and oxygen atoms in total. The molecule has 0 saturated heterocycles. The maximum absolute atomic E-state index is 13.5. The van der Waals surface area contributed by atoms with E-state index in [1.54, 1.807) is 19.2 Å². The van der Waals surface area contributed by atoms with Crippen molar-refractivity contribution in [1.82, 2.24) is 0 Å². The summed E-state index contributed by atoms with van der Waals surface area (Å²) in [4.78, 5) is 0. The Hall–Kier alpha value is -1.39. The third kappa shape index (κ3) is 2.54. The fourth-order valence-corrected chi connectivity index (χ4v) is 2.29. The Labute approximate surface area is 114 Å². The van der Waals surface area contributed by atoms with E-state index in [1.807, 2.05) is 24.3 Å². The number of hydrogen-bond acceptors (Lipinski definition) is 2. The predicted molar refractivity (Wildman–Crippen MR) is 73.1 cm³/mol. The van der Waals surface area contributed by atoms with E-state index in [2.05, 4.69) is 15.9 Å². The van der Waals surface area contributed by atoms with Crippen LogP contribution >= 0.6 is 15.9 Å².